The van der Waals surface area contributed by atoms with E-state index in [-0.39, 0.29) is 27.8 Å². The molecule has 6 aromatic rings. The normalized spacial score (nSPS) is 12.1. The summed E-state index contributed by atoms with van der Waals surface area (Å²) in [6.45, 7) is 7.02. The molecule has 0 spiro atoms. The van der Waals surface area contributed by atoms with Gasteiger partial charge in [-0.2, -0.15) is 8.78 Å². The van der Waals surface area contributed by atoms with Gasteiger partial charge in [0.05, 0.1) is 34.0 Å². The first-order valence-corrected chi connectivity index (χ1v) is 20.2. The largest absolute Gasteiger partial charge is 0.450 e. The van der Waals surface area contributed by atoms with Gasteiger partial charge >= 0.3 is 7.60 Å². The Hall–Kier alpha value is -5.92. The molecule has 0 unspecified atom stereocenters. The van der Waals surface area contributed by atoms with Crippen molar-refractivity contribution in [1.82, 2.24) is 0 Å². The zero-order valence-electron chi connectivity index (χ0n) is 34.1. The van der Waals surface area contributed by atoms with E-state index in [0.717, 1.165) is 19.1 Å². The number of ether oxygens (including phenoxy) is 1. The number of rotatable bonds is 9. The summed E-state index contributed by atoms with van der Waals surface area (Å²) in [6, 6.07) is 4.60. The van der Waals surface area contributed by atoms with Gasteiger partial charge in [-0.25, -0.2) is 65.9 Å². The third-order valence-corrected chi connectivity index (χ3v) is 11.6. The molecule has 0 radical (unpaired) electrons. The smallest absolute Gasteiger partial charge is 0.329 e. The number of hydrogen-bond acceptors (Lipinski definition) is 2. The Labute approximate surface area is 361 Å². The van der Waals surface area contributed by atoms with Crippen LogP contribution in [0.4, 0.5) is 74.6 Å². The first-order valence-electron chi connectivity index (χ1n) is 18.4. The van der Waals surface area contributed by atoms with E-state index in [2.05, 4.69) is 0 Å². The van der Waals surface area contributed by atoms with E-state index in [1.54, 1.807) is 0 Å². The van der Waals surface area contributed by atoms with Gasteiger partial charge in [-0.3, -0.25) is 4.57 Å². The van der Waals surface area contributed by atoms with Gasteiger partial charge in [-0.1, -0.05) is 38.1 Å². The summed E-state index contributed by atoms with van der Waals surface area (Å²) in [5.41, 5.74) is -15.1. The molecule has 0 aliphatic carbocycles. The van der Waals surface area contributed by atoms with Crippen LogP contribution in [0.5, 0.6) is 11.5 Å². The first kappa shape index (κ1) is 49.5. The third-order valence-electron chi connectivity index (χ3n) is 10.8. The van der Waals surface area contributed by atoms with Crippen LogP contribution in [0.1, 0.15) is 52.8 Å². The lowest BCUT2D eigenvalue weighted by molar-refractivity contribution is 0.361. The molecule has 0 heterocycles. The van der Waals surface area contributed by atoms with Crippen LogP contribution >= 0.6 is 7.60 Å². The van der Waals surface area contributed by atoms with Gasteiger partial charge in [0.1, 0.15) is 5.75 Å². The Morgan fingerprint density at radius 2 is 0.697 bits per heavy atom. The molecule has 22 heteroatoms. The summed E-state index contributed by atoms with van der Waals surface area (Å²) in [5, 5.41) is 0. The predicted molar refractivity (Wildman–Crippen MR) is 202 cm³/mol. The van der Waals surface area contributed by atoms with E-state index in [9.17, 15) is 53.9 Å². The second-order valence-electron chi connectivity index (χ2n) is 15.5. The van der Waals surface area contributed by atoms with Crippen molar-refractivity contribution >= 4 is 7.60 Å². The van der Waals surface area contributed by atoms with Gasteiger partial charge in [0.2, 0.25) is 23.2 Å². The van der Waals surface area contributed by atoms with Crippen molar-refractivity contribution in [3.63, 3.8) is 0 Å². The average Bonchev–Trinajstić information content (AvgIpc) is 3.24. The molecule has 2 N–H and O–H groups in total. The maximum absolute atomic E-state index is 16.0. The van der Waals surface area contributed by atoms with E-state index in [4.69, 9.17) is 4.74 Å². The Morgan fingerprint density at radius 1 is 0.409 bits per heavy atom. The maximum Gasteiger partial charge on any atom is 0.329 e. The van der Waals surface area contributed by atoms with Crippen molar-refractivity contribution in [3.05, 3.63) is 162 Å². The molecule has 0 aliphatic heterocycles. The summed E-state index contributed by atoms with van der Waals surface area (Å²) in [5.74, 6) is -45.3. The standard InChI is InChI=1S/C44H26F17O4P/c1-12-7-18(10-16(11-66(62,63)64)19(12)20-29(49)31(51)22(32(52)30(20)50)21-27(47)25(45)15(4)26(46)28(21)48)44(5,6)17-8-13(2)42(14(3)9-17)65-43-40(60)35(55)24(36(56)41(43)61)23-33(53)37(57)39(59)38(58)34(23)54/h7-10H,11H2,1-6H3,(H2,62,63,64). The molecule has 0 amide bonds. The Kier molecular flexibility index (Phi) is 12.8. The zero-order valence-corrected chi connectivity index (χ0v) is 35.0. The van der Waals surface area contributed by atoms with Crippen LogP contribution in [0.2, 0.25) is 0 Å². The van der Waals surface area contributed by atoms with Crippen LogP contribution in [-0.4, -0.2) is 9.79 Å². The first-order chi connectivity index (χ1) is 30.4. The fourth-order valence-electron chi connectivity index (χ4n) is 7.44. The molecule has 0 aliphatic rings. The van der Waals surface area contributed by atoms with Crippen molar-refractivity contribution in [2.75, 3.05) is 0 Å². The van der Waals surface area contributed by atoms with Gasteiger partial charge in [0, 0.05) is 11.0 Å². The summed E-state index contributed by atoms with van der Waals surface area (Å²) in [6.07, 6.45) is -1.37. The quantitative estimate of drug-likeness (QED) is 0.0656. The van der Waals surface area contributed by atoms with Crippen LogP contribution in [-0.2, 0) is 16.1 Å². The van der Waals surface area contributed by atoms with Gasteiger partial charge in [-0.15, -0.1) is 0 Å². The fraction of sp³-hybridized carbons (Fsp3) is 0.182. The van der Waals surface area contributed by atoms with Gasteiger partial charge in [0.25, 0.3) is 0 Å². The Morgan fingerprint density at radius 3 is 1.08 bits per heavy atom. The van der Waals surface area contributed by atoms with Crippen LogP contribution in [0.25, 0.3) is 33.4 Å². The maximum atomic E-state index is 16.0. The molecular formula is C44H26F17O4P. The minimum absolute atomic E-state index is 0.0396. The lowest BCUT2D eigenvalue weighted by Crippen LogP contribution is -2.21. The highest BCUT2D eigenvalue weighted by Crippen LogP contribution is 2.49. The molecular weight excluding hydrogens is 946 g/mol. The van der Waals surface area contributed by atoms with Crippen LogP contribution in [0.15, 0.2) is 24.3 Å². The lowest BCUT2D eigenvalue weighted by Gasteiger charge is -2.30. The van der Waals surface area contributed by atoms with Crippen molar-refractivity contribution < 1.29 is 93.7 Å². The lowest BCUT2D eigenvalue weighted by atomic mass is 9.75. The molecule has 0 saturated carbocycles. The summed E-state index contributed by atoms with van der Waals surface area (Å²) in [4.78, 5) is 20.0. The topological polar surface area (TPSA) is 66.8 Å². The average molecular weight is 973 g/mol. The Bertz CT molecular complexity index is 3010. The molecule has 66 heavy (non-hydrogen) atoms. The van der Waals surface area contributed by atoms with Crippen LogP contribution < -0.4 is 4.74 Å². The molecule has 350 valence electrons. The highest BCUT2D eigenvalue weighted by atomic mass is 31.2. The monoisotopic (exact) mass is 972 g/mol. The fourth-order valence-corrected chi connectivity index (χ4v) is 8.14. The minimum atomic E-state index is -5.27. The molecule has 0 atom stereocenters. The summed E-state index contributed by atoms with van der Waals surface area (Å²) in [7, 11) is -5.27. The molecule has 6 aromatic carbocycles. The molecule has 0 saturated heterocycles. The molecule has 0 bridgehead atoms. The zero-order chi connectivity index (χ0) is 49.7. The molecule has 0 aromatic heterocycles. The van der Waals surface area contributed by atoms with E-state index in [1.165, 1.54) is 39.8 Å². The number of benzene rings is 6. The Balaban J connectivity index is 1.47. The van der Waals surface area contributed by atoms with Crippen LogP contribution in [0.3, 0.4) is 0 Å². The number of aryl methyl sites for hydroxylation is 3. The van der Waals surface area contributed by atoms with Gasteiger partial charge < -0.3 is 14.5 Å². The summed E-state index contributed by atoms with van der Waals surface area (Å²) >= 11 is 0. The minimum Gasteiger partial charge on any atom is -0.450 e. The molecule has 6 rings (SSSR count). The summed E-state index contributed by atoms with van der Waals surface area (Å²) < 4.78 is 271. The van der Waals surface area contributed by atoms with Gasteiger partial charge in [0.15, 0.2) is 81.4 Å². The highest BCUT2D eigenvalue weighted by molar-refractivity contribution is 7.50. The molecule has 4 nitrogen and oxygen atoms in total. The van der Waals surface area contributed by atoms with Crippen molar-refractivity contribution in [3.8, 4) is 44.9 Å². The van der Waals surface area contributed by atoms with E-state index in [0.29, 0.717) is 6.92 Å². The van der Waals surface area contributed by atoms with E-state index in [1.807, 2.05) is 0 Å². The number of halogens is 17. The van der Waals surface area contributed by atoms with Gasteiger partial charge in [-0.05, 0) is 66.6 Å². The van der Waals surface area contributed by atoms with Crippen molar-refractivity contribution in [2.45, 2.75) is 53.1 Å². The third kappa shape index (κ3) is 7.87. The van der Waals surface area contributed by atoms with E-state index < -0.39 is 174 Å². The SMILES string of the molecule is Cc1cc(C(C)(C)c2cc(C)c(-c3c(F)c(F)c(-c4c(F)c(F)c(C)c(F)c4F)c(F)c3F)c(CP(=O)(O)O)c2)cc(C)c1Oc1c(F)c(F)c(-c2c(F)c(F)c(F)c(F)c2F)c(F)c1F. The predicted octanol–water partition coefficient (Wildman–Crippen LogP) is 14.1. The van der Waals surface area contributed by atoms with E-state index >= 15 is 35.1 Å². The van der Waals surface area contributed by atoms with Crippen molar-refractivity contribution in [1.29, 1.82) is 0 Å². The second-order valence-corrected chi connectivity index (χ2v) is 17.1. The van der Waals surface area contributed by atoms with Crippen LogP contribution in [0, 0.1) is 127 Å². The molecule has 0 fully saturated rings. The van der Waals surface area contributed by atoms with Crippen molar-refractivity contribution in [2.24, 2.45) is 0 Å². The number of hydrogen-bond donors (Lipinski definition) is 2. The highest BCUT2D eigenvalue weighted by Gasteiger charge is 2.38. The second kappa shape index (κ2) is 17.1.